The van der Waals surface area contributed by atoms with Gasteiger partial charge in [0.15, 0.2) is 0 Å². The maximum Gasteiger partial charge on any atom is 0.257 e. The second-order valence-electron chi connectivity index (χ2n) is 8.95. The summed E-state index contributed by atoms with van der Waals surface area (Å²) in [5.41, 5.74) is 1.53. The molecule has 33 heavy (non-hydrogen) atoms. The van der Waals surface area contributed by atoms with Gasteiger partial charge in [-0.25, -0.2) is 0 Å². The first-order valence-electron chi connectivity index (χ1n) is 12.0. The first-order valence-corrected chi connectivity index (χ1v) is 12.3. The van der Waals surface area contributed by atoms with E-state index < -0.39 is 0 Å². The zero-order chi connectivity index (χ0) is 23.8. The molecule has 0 fully saturated rings. The molecule has 0 bridgehead atoms. The minimum Gasteiger partial charge on any atom is -0.491 e. The molecule has 2 aromatic carbocycles. The number of amides is 2. The van der Waals surface area contributed by atoms with Gasteiger partial charge in [-0.15, -0.1) is 0 Å². The van der Waals surface area contributed by atoms with Crippen molar-refractivity contribution in [1.29, 1.82) is 0 Å². The summed E-state index contributed by atoms with van der Waals surface area (Å²) in [6.45, 7) is 8.63. The average molecular weight is 471 g/mol. The van der Waals surface area contributed by atoms with Crippen molar-refractivity contribution in [2.24, 2.45) is 5.92 Å². The van der Waals surface area contributed by atoms with Crippen LogP contribution in [0.3, 0.4) is 0 Å². The molecule has 1 atom stereocenters. The molecular formula is C27H35ClN2O3. The average Bonchev–Trinajstić information content (AvgIpc) is 2.81. The summed E-state index contributed by atoms with van der Waals surface area (Å²) in [5.74, 6) is 0.883. The van der Waals surface area contributed by atoms with Crippen LogP contribution in [0.4, 0.5) is 0 Å². The van der Waals surface area contributed by atoms with E-state index in [1.807, 2.05) is 65.3 Å². The largest absolute Gasteiger partial charge is 0.491 e. The van der Waals surface area contributed by atoms with Crippen molar-refractivity contribution in [3.8, 4) is 5.75 Å². The predicted molar refractivity (Wildman–Crippen MR) is 133 cm³/mol. The van der Waals surface area contributed by atoms with E-state index in [2.05, 4.69) is 13.8 Å². The quantitative estimate of drug-likeness (QED) is 0.596. The normalized spacial score (nSPS) is 18.1. The summed E-state index contributed by atoms with van der Waals surface area (Å²) >= 11 is 6.01. The van der Waals surface area contributed by atoms with Crippen LogP contribution >= 0.6 is 11.6 Å². The van der Waals surface area contributed by atoms with Crippen molar-refractivity contribution in [3.63, 3.8) is 0 Å². The third-order valence-electron chi connectivity index (χ3n) is 6.28. The van der Waals surface area contributed by atoms with Crippen molar-refractivity contribution >= 4 is 23.4 Å². The smallest absolute Gasteiger partial charge is 0.257 e. The van der Waals surface area contributed by atoms with Gasteiger partial charge in [0.2, 0.25) is 5.91 Å². The van der Waals surface area contributed by atoms with Crippen LogP contribution < -0.4 is 4.74 Å². The van der Waals surface area contributed by atoms with Crippen LogP contribution in [0.5, 0.6) is 5.75 Å². The molecule has 2 amide bonds. The maximum absolute atomic E-state index is 13.4. The lowest BCUT2D eigenvalue weighted by Gasteiger charge is -2.35. The summed E-state index contributed by atoms with van der Waals surface area (Å²) < 4.78 is 6.23. The van der Waals surface area contributed by atoms with Crippen molar-refractivity contribution in [2.45, 2.75) is 52.5 Å². The van der Waals surface area contributed by atoms with Crippen LogP contribution in [-0.4, -0.2) is 53.9 Å². The van der Waals surface area contributed by atoms with E-state index >= 15 is 0 Å². The van der Waals surface area contributed by atoms with E-state index in [0.29, 0.717) is 49.0 Å². The molecule has 3 rings (SSSR count). The van der Waals surface area contributed by atoms with Crippen LogP contribution in [0.25, 0.3) is 0 Å². The highest BCUT2D eigenvalue weighted by molar-refractivity contribution is 6.30. The fourth-order valence-electron chi connectivity index (χ4n) is 4.28. The lowest BCUT2D eigenvalue weighted by molar-refractivity contribution is -0.134. The summed E-state index contributed by atoms with van der Waals surface area (Å²) in [4.78, 5) is 30.4. The lowest BCUT2D eigenvalue weighted by Crippen LogP contribution is -2.47. The molecule has 0 saturated carbocycles. The number of carbonyl (C=O) groups is 2. The maximum atomic E-state index is 13.4. The molecule has 6 heteroatoms. The van der Waals surface area contributed by atoms with Gasteiger partial charge < -0.3 is 14.5 Å². The molecule has 0 aliphatic carbocycles. The van der Waals surface area contributed by atoms with Gasteiger partial charge in [-0.1, -0.05) is 49.7 Å². The van der Waals surface area contributed by atoms with E-state index in [0.717, 1.165) is 24.8 Å². The monoisotopic (exact) mass is 470 g/mol. The number of benzene rings is 2. The van der Waals surface area contributed by atoms with E-state index in [1.54, 1.807) is 0 Å². The number of hydrogen-bond donors (Lipinski definition) is 0. The third-order valence-corrected chi connectivity index (χ3v) is 6.53. The SMILES string of the molecule is CCN1CCCCCN(C(=O)Cc2ccc(Cl)cc2)[C@@H](C(C)C)COc2ccccc2C1=O. The second-order valence-corrected chi connectivity index (χ2v) is 9.39. The standard InChI is InChI=1S/C27H35ClN2O3/c1-4-29-16-8-5-9-17-30(26(31)18-21-12-14-22(28)15-13-21)24(20(2)3)19-33-25-11-7-6-10-23(25)27(29)32/h6-7,10-15,20,24H,4-5,8-9,16-19H2,1-3H3/t24-/m1/s1. The Hall–Kier alpha value is -2.53. The summed E-state index contributed by atoms with van der Waals surface area (Å²) in [7, 11) is 0. The second kappa shape index (κ2) is 12.1. The van der Waals surface area contributed by atoms with Crippen LogP contribution in [0, 0.1) is 5.92 Å². The summed E-state index contributed by atoms with van der Waals surface area (Å²) in [5, 5.41) is 0.663. The Morgan fingerprint density at radius 3 is 2.45 bits per heavy atom. The number of carbonyl (C=O) groups excluding carboxylic acids is 2. The van der Waals surface area contributed by atoms with Crippen molar-refractivity contribution in [2.75, 3.05) is 26.2 Å². The fraction of sp³-hybridized carbons (Fsp3) is 0.481. The van der Waals surface area contributed by atoms with Crippen molar-refractivity contribution < 1.29 is 14.3 Å². The number of fused-ring (bicyclic) bond motifs is 1. The number of hydrogen-bond acceptors (Lipinski definition) is 3. The Balaban J connectivity index is 1.86. The third kappa shape index (κ3) is 6.73. The van der Waals surface area contributed by atoms with E-state index in [-0.39, 0.29) is 23.8 Å². The molecule has 2 aromatic rings. The van der Waals surface area contributed by atoms with Crippen molar-refractivity contribution in [3.05, 3.63) is 64.7 Å². The van der Waals surface area contributed by atoms with Gasteiger partial charge in [-0.3, -0.25) is 9.59 Å². The molecule has 0 aromatic heterocycles. The molecular weight excluding hydrogens is 436 g/mol. The molecule has 0 saturated heterocycles. The zero-order valence-corrected chi connectivity index (χ0v) is 20.7. The number of ether oxygens (including phenoxy) is 1. The molecule has 178 valence electrons. The van der Waals surface area contributed by atoms with Gasteiger partial charge in [0.1, 0.15) is 12.4 Å². The van der Waals surface area contributed by atoms with Gasteiger partial charge in [-0.2, -0.15) is 0 Å². The Morgan fingerprint density at radius 1 is 1.06 bits per heavy atom. The number of nitrogens with zero attached hydrogens (tertiary/aromatic N) is 2. The van der Waals surface area contributed by atoms with Gasteiger partial charge in [0.05, 0.1) is 18.0 Å². The van der Waals surface area contributed by atoms with Gasteiger partial charge in [0.25, 0.3) is 5.91 Å². The van der Waals surface area contributed by atoms with Gasteiger partial charge in [-0.05, 0) is 61.9 Å². The Kier molecular flexibility index (Phi) is 9.19. The van der Waals surface area contributed by atoms with Crippen LogP contribution in [0.1, 0.15) is 56.0 Å². The molecule has 0 spiro atoms. The molecule has 1 aliphatic heterocycles. The van der Waals surface area contributed by atoms with Crippen LogP contribution in [-0.2, 0) is 11.2 Å². The van der Waals surface area contributed by atoms with Gasteiger partial charge in [0, 0.05) is 24.7 Å². The minimum atomic E-state index is -0.0870. The number of para-hydroxylation sites is 1. The van der Waals surface area contributed by atoms with E-state index in [9.17, 15) is 9.59 Å². The first kappa shape index (κ1) is 25.1. The minimum absolute atomic E-state index is 0.00381. The molecule has 1 aliphatic rings. The van der Waals surface area contributed by atoms with Crippen LogP contribution in [0.15, 0.2) is 48.5 Å². The zero-order valence-electron chi connectivity index (χ0n) is 19.9. The summed E-state index contributed by atoms with van der Waals surface area (Å²) in [6.07, 6.45) is 3.10. The Labute approximate surface area is 202 Å². The highest BCUT2D eigenvalue weighted by Gasteiger charge is 2.28. The molecule has 1 heterocycles. The van der Waals surface area contributed by atoms with Gasteiger partial charge >= 0.3 is 0 Å². The highest BCUT2D eigenvalue weighted by Crippen LogP contribution is 2.24. The lowest BCUT2D eigenvalue weighted by atomic mass is 10.0. The Morgan fingerprint density at radius 2 is 1.76 bits per heavy atom. The topological polar surface area (TPSA) is 49.9 Å². The van der Waals surface area contributed by atoms with Crippen LogP contribution in [0.2, 0.25) is 5.02 Å². The number of halogens is 1. The fourth-order valence-corrected chi connectivity index (χ4v) is 4.40. The molecule has 0 unspecified atom stereocenters. The molecule has 0 N–H and O–H groups in total. The number of rotatable bonds is 4. The van der Waals surface area contributed by atoms with E-state index in [4.69, 9.17) is 16.3 Å². The van der Waals surface area contributed by atoms with E-state index in [1.165, 1.54) is 0 Å². The predicted octanol–water partition coefficient (Wildman–Crippen LogP) is 5.46. The first-order chi connectivity index (χ1) is 15.9. The molecule has 0 radical (unpaired) electrons. The van der Waals surface area contributed by atoms with Crippen molar-refractivity contribution in [1.82, 2.24) is 9.80 Å². The summed E-state index contributed by atoms with van der Waals surface area (Å²) in [6, 6.07) is 14.8. The molecule has 5 nitrogen and oxygen atoms in total. The highest BCUT2D eigenvalue weighted by atomic mass is 35.5. The Bertz CT molecular complexity index is 929.